The van der Waals surface area contributed by atoms with E-state index in [9.17, 15) is 26.8 Å². The summed E-state index contributed by atoms with van der Waals surface area (Å²) in [5, 5.41) is 2.35. The number of hydrogen-bond donors (Lipinski definition) is 1. The van der Waals surface area contributed by atoms with Gasteiger partial charge in [0, 0.05) is 24.7 Å². The standard InChI is InChI=1S/C14H16F2N2O4S/c1-9(19)18(11-4-5-23(21,22)8-11)7-14(20)17-10-2-3-12(15)13(16)6-10/h2-3,6,11H,4-5,7-8H2,1H3,(H,17,20). The van der Waals surface area contributed by atoms with Gasteiger partial charge in [-0.1, -0.05) is 0 Å². The van der Waals surface area contributed by atoms with Crippen molar-refractivity contribution in [3.05, 3.63) is 29.8 Å². The molecule has 126 valence electrons. The van der Waals surface area contributed by atoms with Gasteiger partial charge in [-0.15, -0.1) is 0 Å². The van der Waals surface area contributed by atoms with E-state index in [4.69, 9.17) is 0 Å². The summed E-state index contributed by atoms with van der Waals surface area (Å²) in [6.07, 6.45) is 0.278. The van der Waals surface area contributed by atoms with Gasteiger partial charge in [-0.05, 0) is 18.6 Å². The lowest BCUT2D eigenvalue weighted by molar-refractivity contribution is -0.134. The summed E-state index contributed by atoms with van der Waals surface area (Å²) in [6.45, 7) is 0.893. The van der Waals surface area contributed by atoms with Crippen LogP contribution in [0.15, 0.2) is 18.2 Å². The van der Waals surface area contributed by atoms with Crippen LogP contribution in [-0.2, 0) is 19.4 Å². The van der Waals surface area contributed by atoms with Crippen LogP contribution in [0.1, 0.15) is 13.3 Å². The van der Waals surface area contributed by atoms with Crippen LogP contribution in [0.4, 0.5) is 14.5 Å². The first-order chi connectivity index (χ1) is 10.7. The van der Waals surface area contributed by atoms with Crippen LogP contribution in [0.5, 0.6) is 0 Å². The fourth-order valence-corrected chi connectivity index (χ4v) is 4.18. The molecule has 1 unspecified atom stereocenters. The van der Waals surface area contributed by atoms with E-state index in [0.717, 1.165) is 12.1 Å². The third-order valence-corrected chi connectivity index (χ3v) is 5.32. The normalized spacial score (nSPS) is 19.3. The van der Waals surface area contributed by atoms with E-state index >= 15 is 0 Å². The van der Waals surface area contributed by atoms with Crippen molar-refractivity contribution in [3.63, 3.8) is 0 Å². The van der Waals surface area contributed by atoms with Gasteiger partial charge in [-0.3, -0.25) is 9.59 Å². The van der Waals surface area contributed by atoms with Crippen LogP contribution < -0.4 is 5.32 Å². The molecule has 1 N–H and O–H groups in total. The van der Waals surface area contributed by atoms with Gasteiger partial charge in [0.2, 0.25) is 11.8 Å². The molecule has 1 aliphatic rings. The molecule has 0 spiro atoms. The van der Waals surface area contributed by atoms with Crippen molar-refractivity contribution in [2.24, 2.45) is 0 Å². The maximum absolute atomic E-state index is 13.1. The van der Waals surface area contributed by atoms with Crippen molar-refractivity contribution >= 4 is 27.3 Å². The number of amides is 2. The van der Waals surface area contributed by atoms with E-state index in [1.54, 1.807) is 0 Å². The quantitative estimate of drug-likeness (QED) is 0.879. The molecule has 1 atom stereocenters. The second kappa shape index (κ2) is 6.61. The molecule has 9 heteroatoms. The minimum Gasteiger partial charge on any atom is -0.330 e. The first-order valence-electron chi connectivity index (χ1n) is 6.90. The Hall–Kier alpha value is -2.03. The molecule has 1 heterocycles. The molecule has 1 aromatic carbocycles. The van der Waals surface area contributed by atoms with Crippen LogP contribution in [0, 0.1) is 11.6 Å². The van der Waals surface area contributed by atoms with Gasteiger partial charge >= 0.3 is 0 Å². The third kappa shape index (κ3) is 4.47. The Labute approximate surface area is 132 Å². The number of halogens is 2. The summed E-state index contributed by atoms with van der Waals surface area (Å²) in [6, 6.07) is 2.34. The molecule has 1 saturated heterocycles. The number of carbonyl (C=O) groups is 2. The highest BCUT2D eigenvalue weighted by atomic mass is 32.2. The molecule has 0 radical (unpaired) electrons. The predicted molar refractivity (Wildman–Crippen MR) is 79.4 cm³/mol. The van der Waals surface area contributed by atoms with E-state index in [1.165, 1.54) is 17.9 Å². The Bertz CT molecular complexity index is 736. The summed E-state index contributed by atoms with van der Waals surface area (Å²) in [4.78, 5) is 24.8. The molecule has 0 saturated carbocycles. The number of sulfone groups is 1. The van der Waals surface area contributed by atoms with Crippen LogP contribution in [0.2, 0.25) is 0 Å². The number of nitrogens with one attached hydrogen (secondary N) is 1. The Balaban J connectivity index is 2.03. The summed E-state index contributed by atoms with van der Waals surface area (Å²) < 4.78 is 48.9. The molecule has 0 bridgehead atoms. The number of hydrogen-bond acceptors (Lipinski definition) is 4. The molecule has 1 aromatic rings. The second-order valence-electron chi connectivity index (χ2n) is 5.38. The second-order valence-corrected chi connectivity index (χ2v) is 7.61. The highest BCUT2D eigenvalue weighted by Gasteiger charge is 2.34. The topological polar surface area (TPSA) is 83.6 Å². The minimum atomic E-state index is -3.20. The number of carbonyl (C=O) groups excluding carboxylic acids is 2. The van der Waals surface area contributed by atoms with Crippen LogP contribution in [-0.4, -0.2) is 49.2 Å². The third-order valence-electron chi connectivity index (χ3n) is 3.57. The highest BCUT2D eigenvalue weighted by Crippen LogP contribution is 2.18. The number of anilines is 1. The Kier molecular flexibility index (Phi) is 4.98. The van der Waals surface area contributed by atoms with E-state index in [1.807, 2.05) is 0 Å². The average Bonchev–Trinajstić information content (AvgIpc) is 2.80. The molecule has 1 aliphatic heterocycles. The molecule has 0 aromatic heterocycles. The van der Waals surface area contributed by atoms with Gasteiger partial charge in [-0.2, -0.15) is 0 Å². The summed E-state index contributed by atoms with van der Waals surface area (Å²) >= 11 is 0. The van der Waals surface area contributed by atoms with Crippen molar-refractivity contribution in [2.75, 3.05) is 23.4 Å². The molecule has 1 fully saturated rings. The van der Waals surface area contributed by atoms with Crippen LogP contribution in [0.3, 0.4) is 0 Å². The number of rotatable bonds is 4. The maximum atomic E-state index is 13.1. The molecule has 2 amide bonds. The van der Waals surface area contributed by atoms with Gasteiger partial charge < -0.3 is 10.2 Å². The van der Waals surface area contributed by atoms with Gasteiger partial charge in [0.05, 0.1) is 11.5 Å². The first kappa shape index (κ1) is 17.3. The van der Waals surface area contributed by atoms with Gasteiger partial charge in [-0.25, -0.2) is 17.2 Å². The van der Waals surface area contributed by atoms with Gasteiger partial charge in [0.1, 0.15) is 6.54 Å². The lowest BCUT2D eigenvalue weighted by Crippen LogP contribution is -2.44. The van der Waals surface area contributed by atoms with E-state index in [0.29, 0.717) is 0 Å². The molecule has 23 heavy (non-hydrogen) atoms. The van der Waals surface area contributed by atoms with Crippen molar-refractivity contribution in [3.8, 4) is 0 Å². The predicted octanol–water partition coefficient (Wildman–Crippen LogP) is 0.939. The van der Waals surface area contributed by atoms with Crippen LogP contribution >= 0.6 is 0 Å². The van der Waals surface area contributed by atoms with Crippen molar-refractivity contribution in [1.29, 1.82) is 0 Å². The molecule has 6 nitrogen and oxygen atoms in total. The van der Waals surface area contributed by atoms with E-state index in [-0.39, 0.29) is 30.2 Å². The largest absolute Gasteiger partial charge is 0.330 e. The van der Waals surface area contributed by atoms with Gasteiger partial charge in [0.15, 0.2) is 21.5 Å². The zero-order valence-corrected chi connectivity index (χ0v) is 13.2. The summed E-state index contributed by atoms with van der Waals surface area (Å²) in [7, 11) is -3.20. The summed E-state index contributed by atoms with van der Waals surface area (Å²) in [5.74, 6) is -3.38. The Morgan fingerprint density at radius 3 is 2.52 bits per heavy atom. The Morgan fingerprint density at radius 2 is 2.00 bits per heavy atom. The van der Waals surface area contributed by atoms with Crippen molar-refractivity contribution in [1.82, 2.24) is 4.90 Å². The average molecular weight is 346 g/mol. The zero-order chi connectivity index (χ0) is 17.2. The van der Waals surface area contributed by atoms with Crippen molar-refractivity contribution in [2.45, 2.75) is 19.4 Å². The number of benzene rings is 1. The lowest BCUT2D eigenvalue weighted by Gasteiger charge is -2.26. The van der Waals surface area contributed by atoms with Gasteiger partial charge in [0.25, 0.3) is 0 Å². The molecular formula is C14H16F2N2O4S. The van der Waals surface area contributed by atoms with E-state index in [2.05, 4.69) is 5.32 Å². The fraction of sp³-hybridized carbons (Fsp3) is 0.429. The zero-order valence-electron chi connectivity index (χ0n) is 12.4. The molecule has 0 aliphatic carbocycles. The van der Waals surface area contributed by atoms with Crippen molar-refractivity contribution < 1.29 is 26.8 Å². The SMILES string of the molecule is CC(=O)N(CC(=O)Nc1ccc(F)c(F)c1)C1CCS(=O)(=O)C1. The molecule has 2 rings (SSSR count). The maximum Gasteiger partial charge on any atom is 0.244 e. The van der Waals surface area contributed by atoms with Crippen LogP contribution in [0.25, 0.3) is 0 Å². The Morgan fingerprint density at radius 1 is 1.30 bits per heavy atom. The number of nitrogens with zero attached hydrogens (tertiary/aromatic N) is 1. The molecular weight excluding hydrogens is 330 g/mol. The smallest absolute Gasteiger partial charge is 0.244 e. The first-order valence-corrected chi connectivity index (χ1v) is 8.72. The van der Waals surface area contributed by atoms with E-state index < -0.39 is 39.3 Å². The monoisotopic (exact) mass is 346 g/mol. The summed E-state index contributed by atoms with van der Waals surface area (Å²) in [5.41, 5.74) is 0.0523. The minimum absolute atomic E-state index is 0.0216. The lowest BCUT2D eigenvalue weighted by atomic mass is 10.2. The highest BCUT2D eigenvalue weighted by molar-refractivity contribution is 7.91. The fourth-order valence-electron chi connectivity index (χ4n) is 2.45.